The fraction of sp³-hybridized carbons (Fsp3) is 0.538. The lowest BCUT2D eigenvalue weighted by atomic mass is 10.2. The molecule has 0 saturated heterocycles. The highest BCUT2D eigenvalue weighted by Gasteiger charge is 2.15. The first-order chi connectivity index (χ1) is 7.93. The molecule has 0 aliphatic carbocycles. The zero-order chi connectivity index (χ0) is 13.0. The molecule has 0 aliphatic heterocycles. The number of nitrogens with two attached hydrogens (primary N) is 1. The van der Waals surface area contributed by atoms with E-state index in [9.17, 15) is 4.21 Å². The Hall–Kier alpha value is -1.03. The van der Waals surface area contributed by atoms with Gasteiger partial charge in [-0.05, 0) is 23.6 Å². The Balaban J connectivity index is 2.81. The molecule has 1 aromatic carbocycles. The van der Waals surface area contributed by atoms with Crippen LogP contribution in [0.1, 0.15) is 26.3 Å². The third kappa shape index (κ3) is 4.04. The number of hydrogen-bond acceptors (Lipinski definition) is 3. The fourth-order valence-corrected chi connectivity index (χ4v) is 2.85. The number of hydrogen-bond donors (Lipinski definition) is 1. The fourth-order valence-electron chi connectivity index (χ4n) is 1.49. The van der Waals surface area contributed by atoms with Gasteiger partial charge in [-0.2, -0.15) is 0 Å². The minimum absolute atomic E-state index is 0.183. The van der Waals surface area contributed by atoms with Gasteiger partial charge in [0.2, 0.25) is 0 Å². The molecule has 0 spiro atoms. The maximum atomic E-state index is 12.1. The molecule has 2 N–H and O–H groups in total. The standard InChI is InChI=1S/C13H21NO2S/c1-9(2)10(3)17(15)8-11-5-12(14)7-13(6-11)16-4/h5-7,9-10H,8,14H2,1-4H3. The van der Waals surface area contributed by atoms with Crippen molar-refractivity contribution in [1.29, 1.82) is 0 Å². The first kappa shape index (κ1) is 14.0. The van der Waals surface area contributed by atoms with Gasteiger partial charge in [0.1, 0.15) is 5.75 Å². The molecule has 4 heteroatoms. The predicted octanol–water partition coefficient (Wildman–Crippen LogP) is 2.57. The van der Waals surface area contributed by atoms with Crippen LogP contribution in [0.25, 0.3) is 0 Å². The lowest BCUT2D eigenvalue weighted by molar-refractivity contribution is 0.414. The average molecular weight is 255 g/mol. The molecule has 1 aromatic rings. The smallest absolute Gasteiger partial charge is 0.121 e. The van der Waals surface area contributed by atoms with Crippen molar-refractivity contribution in [2.75, 3.05) is 12.8 Å². The number of benzene rings is 1. The maximum Gasteiger partial charge on any atom is 0.121 e. The van der Waals surface area contributed by atoms with Crippen molar-refractivity contribution in [1.82, 2.24) is 0 Å². The summed E-state index contributed by atoms with van der Waals surface area (Å²) in [5.41, 5.74) is 7.38. The molecule has 0 saturated carbocycles. The zero-order valence-corrected chi connectivity index (χ0v) is 11.7. The lowest BCUT2D eigenvalue weighted by Gasteiger charge is -2.15. The van der Waals surface area contributed by atoms with Gasteiger partial charge in [0, 0.05) is 33.6 Å². The molecule has 0 bridgehead atoms. The van der Waals surface area contributed by atoms with E-state index in [4.69, 9.17) is 10.5 Å². The van der Waals surface area contributed by atoms with E-state index >= 15 is 0 Å². The molecular weight excluding hydrogens is 234 g/mol. The van der Waals surface area contributed by atoms with Crippen LogP contribution in [0.2, 0.25) is 0 Å². The van der Waals surface area contributed by atoms with Gasteiger partial charge >= 0.3 is 0 Å². The summed E-state index contributed by atoms with van der Waals surface area (Å²) in [4.78, 5) is 0. The predicted molar refractivity (Wildman–Crippen MR) is 73.6 cm³/mol. The van der Waals surface area contributed by atoms with Crippen molar-refractivity contribution >= 4 is 16.5 Å². The van der Waals surface area contributed by atoms with Crippen molar-refractivity contribution in [2.24, 2.45) is 5.92 Å². The Bertz CT molecular complexity index is 404. The van der Waals surface area contributed by atoms with Gasteiger partial charge in [-0.3, -0.25) is 4.21 Å². The van der Waals surface area contributed by atoms with Crippen LogP contribution in [0.5, 0.6) is 5.75 Å². The molecule has 2 atom stereocenters. The number of anilines is 1. The van der Waals surface area contributed by atoms with Crippen molar-refractivity contribution in [2.45, 2.75) is 31.8 Å². The summed E-state index contributed by atoms with van der Waals surface area (Å²) in [6.45, 7) is 6.19. The highest BCUT2D eigenvalue weighted by atomic mass is 32.2. The van der Waals surface area contributed by atoms with E-state index in [1.807, 2.05) is 19.1 Å². The second kappa shape index (κ2) is 6.05. The van der Waals surface area contributed by atoms with Crippen LogP contribution in [0.15, 0.2) is 18.2 Å². The van der Waals surface area contributed by atoms with E-state index in [2.05, 4.69) is 13.8 Å². The summed E-state index contributed by atoms with van der Waals surface area (Å²) in [6, 6.07) is 5.51. The molecule has 0 aliphatic rings. The molecule has 0 radical (unpaired) electrons. The SMILES string of the molecule is COc1cc(N)cc(CS(=O)C(C)C(C)C)c1. The summed E-state index contributed by atoms with van der Waals surface area (Å²) >= 11 is 0. The molecule has 17 heavy (non-hydrogen) atoms. The molecule has 0 fully saturated rings. The van der Waals surface area contributed by atoms with Gasteiger partial charge in [0.15, 0.2) is 0 Å². The minimum Gasteiger partial charge on any atom is -0.497 e. The first-order valence-corrected chi connectivity index (χ1v) is 7.13. The van der Waals surface area contributed by atoms with E-state index in [1.165, 1.54) is 0 Å². The molecule has 3 nitrogen and oxygen atoms in total. The maximum absolute atomic E-state index is 12.1. The third-order valence-corrected chi connectivity index (χ3v) is 4.88. The van der Waals surface area contributed by atoms with E-state index in [0.717, 1.165) is 5.56 Å². The molecule has 1 rings (SSSR count). The largest absolute Gasteiger partial charge is 0.497 e. The monoisotopic (exact) mass is 255 g/mol. The lowest BCUT2D eigenvalue weighted by Crippen LogP contribution is -2.19. The molecule has 2 unspecified atom stereocenters. The van der Waals surface area contributed by atoms with Gasteiger partial charge < -0.3 is 10.5 Å². The first-order valence-electron chi connectivity index (χ1n) is 5.74. The molecule has 0 amide bonds. The summed E-state index contributed by atoms with van der Waals surface area (Å²) in [7, 11) is 0.728. The van der Waals surface area contributed by atoms with Crippen molar-refractivity contribution in [3.05, 3.63) is 23.8 Å². The van der Waals surface area contributed by atoms with Gasteiger partial charge in [-0.1, -0.05) is 20.8 Å². The minimum atomic E-state index is -0.876. The Morgan fingerprint density at radius 1 is 1.29 bits per heavy atom. The summed E-state index contributed by atoms with van der Waals surface area (Å²) < 4.78 is 17.2. The average Bonchev–Trinajstić information content (AvgIpc) is 2.26. The van der Waals surface area contributed by atoms with Crippen LogP contribution in [0.4, 0.5) is 5.69 Å². The molecule has 0 heterocycles. The van der Waals surface area contributed by atoms with Crippen LogP contribution >= 0.6 is 0 Å². The Morgan fingerprint density at radius 3 is 2.47 bits per heavy atom. The topological polar surface area (TPSA) is 52.3 Å². The van der Waals surface area contributed by atoms with E-state index in [1.54, 1.807) is 13.2 Å². The highest BCUT2D eigenvalue weighted by Crippen LogP contribution is 2.21. The molecule has 96 valence electrons. The Kier molecular flexibility index (Phi) is 5.00. The Labute approximate surface area is 106 Å². The second-order valence-corrected chi connectivity index (χ2v) is 6.38. The van der Waals surface area contributed by atoms with E-state index in [-0.39, 0.29) is 5.25 Å². The van der Waals surface area contributed by atoms with Gasteiger partial charge in [0.25, 0.3) is 0 Å². The number of rotatable bonds is 5. The van der Waals surface area contributed by atoms with Gasteiger partial charge in [0.05, 0.1) is 7.11 Å². The van der Waals surface area contributed by atoms with E-state index in [0.29, 0.717) is 23.1 Å². The van der Waals surface area contributed by atoms with Crippen molar-refractivity contribution in [3.8, 4) is 5.75 Å². The van der Waals surface area contributed by atoms with Crippen LogP contribution in [-0.2, 0) is 16.6 Å². The summed E-state index contributed by atoms with van der Waals surface area (Å²) in [6.07, 6.45) is 0. The summed E-state index contributed by atoms with van der Waals surface area (Å²) in [5.74, 6) is 1.66. The van der Waals surface area contributed by atoms with E-state index < -0.39 is 10.8 Å². The number of nitrogen functional groups attached to an aromatic ring is 1. The van der Waals surface area contributed by atoms with Crippen LogP contribution in [0, 0.1) is 5.92 Å². The van der Waals surface area contributed by atoms with Crippen molar-refractivity contribution < 1.29 is 8.95 Å². The van der Waals surface area contributed by atoms with Crippen LogP contribution in [-0.4, -0.2) is 16.6 Å². The Morgan fingerprint density at radius 2 is 1.94 bits per heavy atom. The second-order valence-electron chi connectivity index (χ2n) is 4.59. The van der Waals surface area contributed by atoms with Crippen molar-refractivity contribution in [3.63, 3.8) is 0 Å². The van der Waals surface area contributed by atoms with Gasteiger partial charge in [-0.15, -0.1) is 0 Å². The highest BCUT2D eigenvalue weighted by molar-refractivity contribution is 7.84. The quantitative estimate of drug-likeness (QED) is 0.823. The number of ether oxygens (including phenoxy) is 1. The van der Waals surface area contributed by atoms with Gasteiger partial charge in [-0.25, -0.2) is 0 Å². The molecular formula is C13H21NO2S. The number of methoxy groups -OCH3 is 1. The molecule has 0 aromatic heterocycles. The zero-order valence-electron chi connectivity index (χ0n) is 10.9. The van der Waals surface area contributed by atoms with Crippen LogP contribution < -0.4 is 10.5 Å². The normalized spacial score (nSPS) is 14.6. The summed E-state index contributed by atoms with van der Waals surface area (Å²) in [5, 5.41) is 0.183. The third-order valence-electron chi connectivity index (χ3n) is 2.89. The van der Waals surface area contributed by atoms with Crippen LogP contribution in [0.3, 0.4) is 0 Å².